The number of esters is 1. The standard InChI is InChI=1S/C28H31N5O5S/c1-18-22(12-14-25-28(2,3)23-15-19(27(35)38-7)11-13-24(23)32(25)6)26(34)33(30-18)20-9-8-10-21(16-20)39(36,37)29-17-31(4)5/h8-13,15-17,30H,1-7H3. The zero-order valence-corrected chi connectivity index (χ0v) is 23.8. The van der Waals surface area contributed by atoms with E-state index < -0.39 is 21.4 Å². The summed E-state index contributed by atoms with van der Waals surface area (Å²) in [7, 11) is 2.66. The Morgan fingerprint density at radius 3 is 2.56 bits per heavy atom. The molecule has 4 rings (SSSR count). The maximum Gasteiger partial charge on any atom is 0.337 e. The molecule has 11 heteroatoms. The van der Waals surface area contributed by atoms with Crippen LogP contribution >= 0.6 is 0 Å². The van der Waals surface area contributed by atoms with E-state index in [0.29, 0.717) is 22.5 Å². The minimum absolute atomic E-state index is 0.0325. The maximum absolute atomic E-state index is 13.4. The number of benzene rings is 2. The summed E-state index contributed by atoms with van der Waals surface area (Å²) < 4.78 is 35.1. The van der Waals surface area contributed by atoms with Crippen LogP contribution in [0.2, 0.25) is 0 Å². The fourth-order valence-corrected chi connectivity index (χ4v) is 5.53. The van der Waals surface area contributed by atoms with Gasteiger partial charge < -0.3 is 14.5 Å². The zero-order valence-electron chi connectivity index (χ0n) is 22.9. The van der Waals surface area contributed by atoms with Gasteiger partial charge in [-0.05, 0) is 68.8 Å². The Labute approximate surface area is 227 Å². The molecule has 1 N–H and O–H groups in total. The lowest BCUT2D eigenvalue weighted by Gasteiger charge is -2.21. The molecule has 2 aromatic carbocycles. The number of carbonyl (C=O) groups excluding carboxylic acids is 1. The number of hydrogen-bond acceptors (Lipinski definition) is 6. The van der Waals surface area contributed by atoms with Crippen molar-refractivity contribution in [3.05, 3.63) is 86.6 Å². The van der Waals surface area contributed by atoms with E-state index >= 15 is 0 Å². The number of hydrogen-bond donors (Lipinski definition) is 1. The summed E-state index contributed by atoms with van der Waals surface area (Å²) in [6, 6.07) is 11.4. The number of aryl methyl sites for hydroxylation is 1. The van der Waals surface area contributed by atoms with E-state index in [1.807, 2.05) is 37.9 Å². The Bertz CT molecular complexity index is 1720. The third kappa shape index (κ3) is 5.06. The highest BCUT2D eigenvalue weighted by atomic mass is 32.2. The third-order valence-corrected chi connectivity index (χ3v) is 7.86. The Balaban J connectivity index is 1.75. The molecule has 204 valence electrons. The molecule has 0 unspecified atom stereocenters. The van der Waals surface area contributed by atoms with Crippen LogP contribution in [0.1, 0.15) is 41.0 Å². The van der Waals surface area contributed by atoms with Crippen LogP contribution in [0.15, 0.2) is 68.0 Å². The topological polar surface area (TPSA) is 117 Å². The molecule has 0 saturated carbocycles. The SMILES string of the molecule is COC(=O)c1ccc2c(c1)C(C)(C)C(=C=Cc1c(C)[nH]n(-c3cccc(S(=O)(=O)N=CN(C)C)c3)c1=O)N2C. The maximum atomic E-state index is 13.4. The van der Waals surface area contributed by atoms with Gasteiger partial charge in [0.05, 0.1) is 34.5 Å². The number of allylic oxidation sites excluding steroid dienone is 1. The van der Waals surface area contributed by atoms with Gasteiger partial charge in [-0.2, -0.15) is 8.42 Å². The predicted octanol–water partition coefficient (Wildman–Crippen LogP) is 3.46. The Hall–Kier alpha value is -4.34. The van der Waals surface area contributed by atoms with E-state index in [2.05, 4.69) is 15.2 Å². The number of nitrogens with zero attached hydrogens (tertiary/aromatic N) is 4. The summed E-state index contributed by atoms with van der Waals surface area (Å²) in [6.45, 7) is 5.82. The third-order valence-electron chi connectivity index (χ3n) is 6.64. The van der Waals surface area contributed by atoms with Gasteiger partial charge in [0.2, 0.25) is 0 Å². The molecule has 0 amide bonds. The molecule has 0 saturated heterocycles. The molecule has 10 nitrogen and oxygen atoms in total. The molecule has 1 aromatic heterocycles. The van der Waals surface area contributed by atoms with Crippen LogP contribution in [0.25, 0.3) is 11.8 Å². The Morgan fingerprint density at radius 2 is 1.90 bits per heavy atom. The zero-order chi connectivity index (χ0) is 28.7. The first kappa shape index (κ1) is 27.7. The smallest absolute Gasteiger partial charge is 0.337 e. The number of aromatic amines is 1. The number of sulfonamides is 1. The van der Waals surface area contributed by atoms with Crippen molar-refractivity contribution >= 4 is 34.1 Å². The quantitative estimate of drug-likeness (QED) is 0.217. The second-order valence-electron chi connectivity index (χ2n) is 9.99. The highest BCUT2D eigenvalue weighted by molar-refractivity contribution is 7.90. The van der Waals surface area contributed by atoms with Crippen molar-refractivity contribution in [2.24, 2.45) is 4.40 Å². The van der Waals surface area contributed by atoms with Crippen molar-refractivity contribution in [2.75, 3.05) is 33.2 Å². The summed E-state index contributed by atoms with van der Waals surface area (Å²) in [4.78, 5) is 28.9. The van der Waals surface area contributed by atoms with E-state index in [9.17, 15) is 18.0 Å². The van der Waals surface area contributed by atoms with Gasteiger partial charge in [-0.1, -0.05) is 11.8 Å². The van der Waals surface area contributed by atoms with Crippen molar-refractivity contribution in [3.63, 3.8) is 0 Å². The number of rotatable bonds is 6. The van der Waals surface area contributed by atoms with Crippen molar-refractivity contribution in [2.45, 2.75) is 31.1 Å². The van der Waals surface area contributed by atoms with Crippen LogP contribution in [-0.2, 0) is 20.2 Å². The minimum atomic E-state index is -3.94. The lowest BCUT2D eigenvalue weighted by molar-refractivity contribution is 0.0600. The van der Waals surface area contributed by atoms with Crippen LogP contribution < -0.4 is 10.5 Å². The molecule has 0 radical (unpaired) electrons. The number of nitrogens with one attached hydrogen (secondary N) is 1. The van der Waals surface area contributed by atoms with Crippen LogP contribution in [-0.4, -0.2) is 63.7 Å². The van der Waals surface area contributed by atoms with E-state index in [-0.39, 0.29) is 10.5 Å². The molecule has 1 aliphatic heterocycles. The number of H-pyrrole nitrogens is 1. The lowest BCUT2D eigenvalue weighted by atomic mass is 9.83. The van der Waals surface area contributed by atoms with Gasteiger partial charge in [-0.15, -0.1) is 4.40 Å². The van der Waals surface area contributed by atoms with Gasteiger partial charge in [0, 0.05) is 37.9 Å². The fourth-order valence-electron chi connectivity index (χ4n) is 4.57. The number of fused-ring (bicyclic) bond motifs is 1. The number of carbonyl (C=O) groups is 1. The van der Waals surface area contributed by atoms with Crippen molar-refractivity contribution < 1.29 is 17.9 Å². The number of anilines is 1. The van der Waals surface area contributed by atoms with E-state index in [0.717, 1.165) is 16.9 Å². The van der Waals surface area contributed by atoms with E-state index in [1.54, 1.807) is 45.3 Å². The van der Waals surface area contributed by atoms with Crippen LogP contribution in [0.3, 0.4) is 0 Å². The van der Waals surface area contributed by atoms with Crippen LogP contribution in [0, 0.1) is 6.92 Å². The lowest BCUT2D eigenvalue weighted by Crippen LogP contribution is -2.22. The average Bonchev–Trinajstić information content (AvgIpc) is 3.29. The average molecular weight is 550 g/mol. The van der Waals surface area contributed by atoms with Gasteiger partial charge in [0.25, 0.3) is 15.6 Å². The fraction of sp³-hybridized carbons (Fsp3) is 0.286. The monoisotopic (exact) mass is 549 g/mol. The molecular weight excluding hydrogens is 518 g/mol. The summed E-state index contributed by atoms with van der Waals surface area (Å²) >= 11 is 0. The van der Waals surface area contributed by atoms with Gasteiger partial charge in [0.15, 0.2) is 0 Å². The molecule has 0 spiro atoms. The number of likely N-dealkylation sites (N-methyl/N-ethyl adjacent to an activating group) is 1. The van der Waals surface area contributed by atoms with Crippen molar-refractivity contribution in [3.8, 4) is 5.69 Å². The van der Waals surface area contributed by atoms with Gasteiger partial charge in [0.1, 0.15) is 6.34 Å². The second-order valence-corrected chi connectivity index (χ2v) is 11.6. The van der Waals surface area contributed by atoms with Gasteiger partial charge in [-0.25, -0.2) is 9.48 Å². The van der Waals surface area contributed by atoms with Crippen molar-refractivity contribution in [1.82, 2.24) is 14.7 Å². The van der Waals surface area contributed by atoms with Gasteiger partial charge >= 0.3 is 5.97 Å². The molecule has 0 atom stereocenters. The first-order valence-electron chi connectivity index (χ1n) is 12.1. The Morgan fingerprint density at radius 1 is 1.18 bits per heavy atom. The van der Waals surface area contributed by atoms with Crippen LogP contribution in [0.4, 0.5) is 5.69 Å². The first-order valence-corrected chi connectivity index (χ1v) is 13.5. The Kier molecular flexibility index (Phi) is 7.16. The first-order chi connectivity index (χ1) is 18.3. The summed E-state index contributed by atoms with van der Waals surface area (Å²) in [5, 5.41) is 3.03. The molecule has 2 heterocycles. The molecular formula is C28H31N5O5S. The number of methoxy groups -OCH3 is 1. The number of aromatic nitrogens is 2. The molecule has 0 fully saturated rings. The highest BCUT2D eigenvalue weighted by Gasteiger charge is 2.39. The van der Waals surface area contributed by atoms with E-state index in [4.69, 9.17) is 4.74 Å². The van der Waals surface area contributed by atoms with Gasteiger partial charge in [-0.3, -0.25) is 9.89 Å². The van der Waals surface area contributed by atoms with E-state index in [1.165, 1.54) is 35.2 Å². The molecule has 1 aliphatic rings. The highest BCUT2D eigenvalue weighted by Crippen LogP contribution is 2.46. The predicted molar refractivity (Wildman–Crippen MR) is 151 cm³/mol. The largest absolute Gasteiger partial charge is 0.465 e. The summed E-state index contributed by atoms with van der Waals surface area (Å²) in [5.41, 5.74) is 6.95. The minimum Gasteiger partial charge on any atom is -0.465 e. The van der Waals surface area contributed by atoms with Crippen LogP contribution in [0.5, 0.6) is 0 Å². The normalized spacial score (nSPS) is 14.3. The number of ether oxygens (including phenoxy) is 1. The van der Waals surface area contributed by atoms with Crippen molar-refractivity contribution in [1.29, 1.82) is 0 Å². The second kappa shape index (κ2) is 10.1. The molecule has 0 bridgehead atoms. The molecule has 0 aliphatic carbocycles. The molecule has 39 heavy (non-hydrogen) atoms. The summed E-state index contributed by atoms with van der Waals surface area (Å²) in [5.74, 6) is -0.408. The summed E-state index contributed by atoms with van der Waals surface area (Å²) in [6.07, 6.45) is 2.84. The molecule has 3 aromatic rings.